The van der Waals surface area contributed by atoms with Gasteiger partial charge in [0.2, 0.25) is 11.8 Å². The summed E-state index contributed by atoms with van der Waals surface area (Å²) in [6.45, 7) is 9.41. The van der Waals surface area contributed by atoms with Gasteiger partial charge in [-0.3, -0.25) is 19.4 Å². The zero-order valence-corrected chi connectivity index (χ0v) is 20.1. The molecule has 0 aliphatic heterocycles. The largest absolute Gasteiger partial charge is 0.325 e. The molecule has 0 saturated heterocycles. The molecule has 1 aromatic heterocycles. The molecule has 33 heavy (non-hydrogen) atoms. The highest BCUT2D eigenvalue weighted by atomic mass is 32.2. The minimum atomic E-state index is -0.517. The van der Waals surface area contributed by atoms with Gasteiger partial charge < -0.3 is 10.6 Å². The number of thioether (sulfide) groups is 1. The molecule has 0 bridgehead atoms. The Morgan fingerprint density at radius 1 is 1.06 bits per heavy atom. The van der Waals surface area contributed by atoms with Crippen molar-refractivity contribution >= 4 is 35.0 Å². The van der Waals surface area contributed by atoms with Crippen LogP contribution in [-0.2, 0) is 9.59 Å². The van der Waals surface area contributed by atoms with Crippen LogP contribution in [0.25, 0.3) is 11.3 Å². The number of para-hydroxylation sites is 1. The average Bonchev–Trinajstić information content (AvgIpc) is 2.76. The molecule has 0 aliphatic rings. The maximum Gasteiger partial charge on any atom is 0.278 e. The number of nitrogens with one attached hydrogen (secondary N) is 3. The predicted octanol–water partition coefficient (Wildman–Crippen LogP) is 4.22. The zero-order chi connectivity index (χ0) is 24.1. The van der Waals surface area contributed by atoms with Crippen LogP contribution in [0.2, 0.25) is 0 Å². The summed E-state index contributed by atoms with van der Waals surface area (Å²) in [7, 11) is 0. The Labute approximate surface area is 196 Å². The van der Waals surface area contributed by atoms with E-state index in [0.29, 0.717) is 17.7 Å². The number of aromatic amines is 1. The Balaban J connectivity index is 1.77. The van der Waals surface area contributed by atoms with E-state index in [1.54, 1.807) is 38.1 Å². The first-order valence-corrected chi connectivity index (χ1v) is 11.5. The summed E-state index contributed by atoms with van der Waals surface area (Å²) in [6.07, 6.45) is 0.313. The van der Waals surface area contributed by atoms with E-state index < -0.39 is 10.8 Å². The van der Waals surface area contributed by atoms with Crippen molar-refractivity contribution in [2.45, 2.75) is 51.4 Å². The molecule has 2 amide bonds. The van der Waals surface area contributed by atoms with Gasteiger partial charge in [0.1, 0.15) is 0 Å². The van der Waals surface area contributed by atoms with Gasteiger partial charge in [-0.15, -0.1) is 10.2 Å². The lowest BCUT2D eigenvalue weighted by Crippen LogP contribution is -2.24. The van der Waals surface area contributed by atoms with Crippen LogP contribution in [0.5, 0.6) is 0 Å². The van der Waals surface area contributed by atoms with Gasteiger partial charge in [0.15, 0.2) is 10.9 Å². The third-order valence-corrected chi connectivity index (χ3v) is 6.01. The molecule has 2 aromatic carbocycles. The fourth-order valence-corrected chi connectivity index (χ4v) is 4.15. The van der Waals surface area contributed by atoms with Gasteiger partial charge in [-0.1, -0.05) is 54.6 Å². The van der Waals surface area contributed by atoms with Gasteiger partial charge in [0, 0.05) is 17.7 Å². The number of H-pyrrole nitrogens is 1. The van der Waals surface area contributed by atoms with Crippen molar-refractivity contribution in [3.8, 4) is 11.3 Å². The first-order chi connectivity index (χ1) is 15.7. The van der Waals surface area contributed by atoms with E-state index in [0.717, 1.165) is 34.1 Å². The fourth-order valence-electron chi connectivity index (χ4n) is 3.41. The van der Waals surface area contributed by atoms with Crippen LogP contribution in [0, 0.1) is 20.8 Å². The van der Waals surface area contributed by atoms with Gasteiger partial charge in [-0.2, -0.15) is 0 Å². The maximum absolute atomic E-state index is 12.7. The van der Waals surface area contributed by atoms with Gasteiger partial charge in [-0.25, -0.2) is 0 Å². The van der Waals surface area contributed by atoms with Crippen LogP contribution < -0.4 is 16.2 Å². The van der Waals surface area contributed by atoms with E-state index in [4.69, 9.17) is 0 Å². The lowest BCUT2D eigenvalue weighted by atomic mass is 10.1. The van der Waals surface area contributed by atoms with E-state index in [2.05, 4.69) is 25.8 Å². The van der Waals surface area contributed by atoms with E-state index in [1.807, 2.05) is 32.9 Å². The number of aryl methyl sites for hydroxylation is 3. The monoisotopic (exact) mass is 465 g/mol. The number of carbonyl (C=O) groups is 2. The number of hydrogen-bond donors (Lipinski definition) is 3. The number of hydrogen-bond acceptors (Lipinski definition) is 6. The average molecular weight is 466 g/mol. The number of nitrogens with zero attached hydrogens (tertiary/aromatic N) is 2. The minimum absolute atomic E-state index is 0.0920. The van der Waals surface area contributed by atoms with Crippen LogP contribution in [0.4, 0.5) is 11.4 Å². The topological polar surface area (TPSA) is 117 Å². The molecule has 3 aromatic rings. The lowest BCUT2D eigenvalue weighted by Gasteiger charge is -2.16. The Morgan fingerprint density at radius 2 is 1.73 bits per heavy atom. The summed E-state index contributed by atoms with van der Waals surface area (Å²) < 4.78 is 0. The Hall–Kier alpha value is -3.46. The Kier molecular flexibility index (Phi) is 7.65. The number of amides is 2. The third kappa shape index (κ3) is 5.87. The second kappa shape index (κ2) is 10.4. The quantitative estimate of drug-likeness (QED) is 0.450. The normalized spacial score (nSPS) is 11.7. The van der Waals surface area contributed by atoms with Crippen LogP contribution in [-0.4, -0.2) is 32.2 Å². The molecule has 3 N–H and O–H groups in total. The first kappa shape index (κ1) is 24.2. The number of carbonyl (C=O) groups excluding carboxylic acids is 2. The molecule has 0 radical (unpaired) electrons. The van der Waals surface area contributed by atoms with Crippen molar-refractivity contribution in [2.75, 3.05) is 10.6 Å². The van der Waals surface area contributed by atoms with Crippen molar-refractivity contribution < 1.29 is 9.59 Å². The highest BCUT2D eigenvalue weighted by molar-refractivity contribution is 8.00. The molecule has 8 nitrogen and oxygen atoms in total. The van der Waals surface area contributed by atoms with E-state index in [9.17, 15) is 14.4 Å². The predicted molar refractivity (Wildman–Crippen MR) is 132 cm³/mol. The number of rotatable bonds is 7. The number of benzene rings is 2. The highest BCUT2D eigenvalue weighted by Crippen LogP contribution is 2.26. The van der Waals surface area contributed by atoms with Crippen molar-refractivity contribution in [2.24, 2.45) is 0 Å². The van der Waals surface area contributed by atoms with Crippen molar-refractivity contribution in [1.29, 1.82) is 0 Å². The van der Waals surface area contributed by atoms with E-state index in [-0.39, 0.29) is 22.7 Å². The summed E-state index contributed by atoms with van der Waals surface area (Å²) in [6, 6.07) is 10.9. The fraction of sp³-hybridized carbons (Fsp3) is 0.292. The summed E-state index contributed by atoms with van der Waals surface area (Å²) >= 11 is 1.11. The molecule has 0 fully saturated rings. The van der Waals surface area contributed by atoms with Crippen LogP contribution >= 0.6 is 11.8 Å². The highest BCUT2D eigenvalue weighted by Gasteiger charge is 2.19. The summed E-state index contributed by atoms with van der Waals surface area (Å²) in [4.78, 5) is 40.0. The Morgan fingerprint density at radius 3 is 2.36 bits per heavy atom. The van der Waals surface area contributed by atoms with Gasteiger partial charge in [0.05, 0.1) is 10.9 Å². The molecule has 3 rings (SSSR count). The van der Waals surface area contributed by atoms with E-state index in [1.165, 1.54) is 0 Å². The smallest absolute Gasteiger partial charge is 0.278 e. The first-order valence-electron chi connectivity index (χ1n) is 10.6. The molecule has 0 spiro atoms. The summed E-state index contributed by atoms with van der Waals surface area (Å²) in [5.41, 5.74) is 4.50. The molecule has 172 valence electrons. The standard InChI is InChI=1S/C24H27N5O3S/c1-6-19(30)25-18-10-8-7-9-17(18)21-23(32)27-24(29-28-21)33-16(5)22(31)26-20-14(3)11-13(2)12-15(20)4/h7-12,16H,6H2,1-5H3,(H,25,30)(H,26,31)(H,27,29,32)/t16-/m0/s1. The van der Waals surface area contributed by atoms with Crippen LogP contribution in [0.1, 0.15) is 37.0 Å². The SMILES string of the molecule is CCC(=O)Nc1ccccc1-c1nnc(S[C@@H](C)C(=O)Nc2c(C)cc(C)cc2C)[nH]c1=O. The van der Waals surface area contributed by atoms with Gasteiger partial charge in [0.25, 0.3) is 5.56 Å². The molecule has 0 aliphatic carbocycles. The van der Waals surface area contributed by atoms with Crippen LogP contribution in [0.3, 0.4) is 0 Å². The Bertz CT molecular complexity index is 1230. The van der Waals surface area contributed by atoms with Gasteiger partial charge >= 0.3 is 0 Å². The van der Waals surface area contributed by atoms with Gasteiger partial charge in [-0.05, 0) is 44.9 Å². The molecule has 0 unspecified atom stereocenters. The lowest BCUT2D eigenvalue weighted by molar-refractivity contribution is -0.116. The van der Waals surface area contributed by atoms with Crippen molar-refractivity contribution in [3.05, 3.63) is 63.4 Å². The molecule has 1 atom stereocenters. The minimum Gasteiger partial charge on any atom is -0.325 e. The van der Waals surface area contributed by atoms with Crippen molar-refractivity contribution in [3.63, 3.8) is 0 Å². The molecule has 9 heteroatoms. The third-order valence-electron chi connectivity index (χ3n) is 5.04. The summed E-state index contributed by atoms with van der Waals surface area (Å²) in [5.74, 6) is -0.368. The number of anilines is 2. The second-order valence-electron chi connectivity index (χ2n) is 7.78. The molecule has 1 heterocycles. The second-order valence-corrected chi connectivity index (χ2v) is 9.11. The van der Waals surface area contributed by atoms with Crippen molar-refractivity contribution in [1.82, 2.24) is 15.2 Å². The molecular formula is C24H27N5O3S. The maximum atomic E-state index is 12.7. The van der Waals surface area contributed by atoms with Crippen LogP contribution in [0.15, 0.2) is 46.3 Å². The zero-order valence-electron chi connectivity index (χ0n) is 19.3. The van der Waals surface area contributed by atoms with E-state index >= 15 is 0 Å². The summed E-state index contributed by atoms with van der Waals surface area (Å²) in [5, 5.41) is 13.6. The molecular weight excluding hydrogens is 438 g/mol. The number of aromatic nitrogens is 3. The molecule has 0 saturated carbocycles.